The van der Waals surface area contributed by atoms with Crippen molar-refractivity contribution in [1.29, 1.82) is 0 Å². The molecule has 1 saturated carbocycles. The number of nitrogens with one attached hydrogen (secondary N) is 2. The minimum absolute atomic E-state index is 0.0609. The monoisotopic (exact) mass is 463 g/mol. The van der Waals surface area contributed by atoms with Gasteiger partial charge in [-0.3, -0.25) is 19.5 Å². The third kappa shape index (κ3) is 4.41. The van der Waals surface area contributed by atoms with Gasteiger partial charge < -0.3 is 9.64 Å². The molecular weight excluding hydrogens is 438 g/mol. The smallest absolute Gasteiger partial charge is 0.285 e. The number of fused-ring (bicyclic) bond motifs is 1. The maximum absolute atomic E-state index is 12.7. The van der Waals surface area contributed by atoms with E-state index in [1.807, 2.05) is 46.5 Å². The van der Waals surface area contributed by atoms with E-state index in [9.17, 15) is 4.79 Å². The molecular formula is C23H25N7O2S+. The highest BCUT2D eigenvalue weighted by Gasteiger charge is 2.38. The Morgan fingerprint density at radius 2 is 2.03 bits per heavy atom. The minimum Gasteiger partial charge on any atom is -0.378 e. The fourth-order valence-corrected chi connectivity index (χ4v) is 4.94. The molecule has 0 atom stereocenters. The molecule has 33 heavy (non-hydrogen) atoms. The number of hydrogen-bond donors (Lipinski definition) is 2. The van der Waals surface area contributed by atoms with Crippen molar-refractivity contribution < 1.29 is 9.53 Å². The molecule has 4 aliphatic rings. The number of carbonyl (C=O) groups is 1. The molecule has 0 bridgehead atoms. The predicted molar refractivity (Wildman–Crippen MR) is 127 cm³/mol. The van der Waals surface area contributed by atoms with E-state index >= 15 is 0 Å². The third-order valence-electron chi connectivity index (χ3n) is 6.03. The summed E-state index contributed by atoms with van der Waals surface area (Å²) in [7, 11) is 0. The van der Waals surface area contributed by atoms with Crippen molar-refractivity contribution in [2.75, 3.05) is 38.2 Å². The molecule has 1 radical (unpaired) electrons. The molecule has 2 N–H and O–H groups in total. The van der Waals surface area contributed by atoms with E-state index < -0.39 is 0 Å². The van der Waals surface area contributed by atoms with E-state index in [1.54, 1.807) is 11.9 Å². The number of carbonyl (C=O) groups excluding carboxylic acids is 1. The fourth-order valence-electron chi connectivity index (χ4n) is 4.08. The number of anilines is 1. The van der Waals surface area contributed by atoms with E-state index in [-0.39, 0.29) is 5.91 Å². The van der Waals surface area contributed by atoms with Gasteiger partial charge in [-0.1, -0.05) is 0 Å². The zero-order valence-corrected chi connectivity index (χ0v) is 18.9. The van der Waals surface area contributed by atoms with Gasteiger partial charge in [0.05, 0.1) is 25.6 Å². The van der Waals surface area contributed by atoms with E-state index in [1.165, 1.54) is 18.5 Å². The van der Waals surface area contributed by atoms with E-state index in [0.717, 1.165) is 22.4 Å². The number of aliphatic imine (C=N–C) groups is 1. The molecule has 0 spiro atoms. The summed E-state index contributed by atoms with van der Waals surface area (Å²) in [5.41, 5.74) is 1.90. The number of ether oxygens (including phenoxy) is 1. The lowest BCUT2D eigenvalue weighted by Crippen LogP contribution is -2.42. The Hall–Kier alpha value is -3.08. The number of amidine groups is 1. The van der Waals surface area contributed by atoms with Crippen LogP contribution < -0.4 is 10.2 Å². The van der Waals surface area contributed by atoms with Crippen LogP contribution in [-0.2, 0) is 4.74 Å². The van der Waals surface area contributed by atoms with Gasteiger partial charge in [-0.15, -0.1) is 0 Å². The van der Waals surface area contributed by atoms with E-state index in [0.29, 0.717) is 44.3 Å². The molecule has 9 nitrogen and oxygen atoms in total. The number of aromatic amines is 1. The summed E-state index contributed by atoms with van der Waals surface area (Å²) in [5.74, 6) is 3.34. The van der Waals surface area contributed by atoms with Gasteiger partial charge in [0.25, 0.3) is 17.6 Å². The first kappa shape index (κ1) is 20.5. The normalized spacial score (nSPS) is 20.5. The summed E-state index contributed by atoms with van der Waals surface area (Å²) in [6.07, 6.45) is 8.30. The molecule has 1 aromatic heterocycles. The average Bonchev–Trinajstić information content (AvgIpc) is 3.40. The summed E-state index contributed by atoms with van der Waals surface area (Å²) in [6.45, 7) is 3.18. The number of amides is 1. The highest BCUT2D eigenvalue weighted by Crippen LogP contribution is 2.39. The SMILES string of the molecule is O=C(c1ccc(SN2C=C(Nc3cc(C4CC4)[nH]n3)[N+]3C=CN=C3C2)cc1)N1CCOCC1. The summed E-state index contributed by atoms with van der Waals surface area (Å²) in [6, 6.07) is 9.88. The number of morpholine rings is 1. The molecule has 4 heterocycles. The minimum atomic E-state index is 0.0609. The van der Waals surface area contributed by atoms with Crippen LogP contribution in [0.1, 0.15) is 34.8 Å². The molecule has 1 aromatic carbocycles. The highest BCUT2D eigenvalue weighted by atomic mass is 32.2. The number of benzene rings is 1. The van der Waals surface area contributed by atoms with Gasteiger partial charge in [-0.05, 0) is 54.0 Å². The first-order valence-electron chi connectivity index (χ1n) is 11.2. The van der Waals surface area contributed by atoms with Gasteiger partial charge in [0.1, 0.15) is 6.54 Å². The van der Waals surface area contributed by atoms with Crippen molar-refractivity contribution in [1.82, 2.24) is 24.3 Å². The van der Waals surface area contributed by atoms with Crippen molar-refractivity contribution >= 4 is 29.5 Å². The first-order chi connectivity index (χ1) is 16.2. The largest absolute Gasteiger partial charge is 0.378 e. The highest BCUT2D eigenvalue weighted by molar-refractivity contribution is 7.97. The van der Waals surface area contributed by atoms with Crippen LogP contribution in [0.2, 0.25) is 0 Å². The number of H-pyrrole nitrogens is 1. The van der Waals surface area contributed by atoms with Crippen LogP contribution >= 0.6 is 11.9 Å². The second kappa shape index (κ2) is 8.69. The standard InChI is InChI=1S/C23H25N7O2S/c31-23(28-9-11-32-12-10-28)17-3-5-18(6-4-17)33-29-14-21-24-7-8-30(21)22(15-29)25-20-13-19(26-27-20)16-1-2-16/h3-8,13,15-16H,1-2,9-12,14H2,(H2,25,26,27)/q+1. The zero-order chi connectivity index (χ0) is 22.2. The molecule has 1 saturated heterocycles. The van der Waals surface area contributed by atoms with E-state index in [4.69, 9.17) is 4.74 Å². The predicted octanol–water partition coefficient (Wildman–Crippen LogP) is 3.02. The molecule has 1 amide bonds. The molecule has 169 valence electrons. The Morgan fingerprint density at radius 3 is 2.82 bits per heavy atom. The number of nitrogens with zero attached hydrogens (tertiary/aromatic N) is 5. The Morgan fingerprint density at radius 1 is 1.21 bits per heavy atom. The van der Waals surface area contributed by atoms with Crippen LogP contribution in [0.5, 0.6) is 0 Å². The third-order valence-corrected chi connectivity index (χ3v) is 6.99. The van der Waals surface area contributed by atoms with Crippen LogP contribution in [0.4, 0.5) is 5.82 Å². The Balaban J connectivity index is 1.15. The van der Waals surface area contributed by atoms with Gasteiger partial charge >= 0.3 is 0 Å². The molecule has 2 aromatic rings. The molecule has 0 unspecified atom stereocenters. The zero-order valence-electron chi connectivity index (χ0n) is 18.1. The van der Waals surface area contributed by atoms with Crippen molar-refractivity contribution in [2.24, 2.45) is 4.99 Å². The fraction of sp³-hybridized carbons (Fsp3) is 0.348. The Bertz CT molecular complexity index is 1130. The van der Waals surface area contributed by atoms with Crippen molar-refractivity contribution in [3.8, 4) is 0 Å². The number of aromatic nitrogens is 2. The molecule has 1 aliphatic carbocycles. The van der Waals surface area contributed by atoms with Crippen LogP contribution in [0.25, 0.3) is 0 Å². The van der Waals surface area contributed by atoms with Crippen LogP contribution in [0, 0.1) is 0 Å². The van der Waals surface area contributed by atoms with E-state index in [2.05, 4.69) is 37.1 Å². The van der Waals surface area contributed by atoms with Crippen LogP contribution in [0.15, 0.2) is 64.6 Å². The van der Waals surface area contributed by atoms with Gasteiger partial charge in [-0.25, -0.2) is 0 Å². The summed E-state index contributed by atoms with van der Waals surface area (Å²) in [4.78, 5) is 22.2. The molecule has 10 heteroatoms. The Labute approximate surface area is 196 Å². The lowest BCUT2D eigenvalue weighted by Gasteiger charge is -2.27. The summed E-state index contributed by atoms with van der Waals surface area (Å²) >= 11 is 1.61. The second-order valence-electron chi connectivity index (χ2n) is 8.43. The number of hydrogen-bond acceptors (Lipinski definition) is 8. The van der Waals surface area contributed by atoms with Gasteiger partial charge in [0.15, 0.2) is 12.0 Å². The van der Waals surface area contributed by atoms with Gasteiger partial charge in [0.2, 0.25) is 0 Å². The average molecular weight is 464 g/mol. The second-order valence-corrected chi connectivity index (χ2v) is 9.55. The summed E-state index contributed by atoms with van der Waals surface area (Å²) < 4.78 is 7.48. The lowest BCUT2D eigenvalue weighted by atomic mass is 10.2. The summed E-state index contributed by atoms with van der Waals surface area (Å²) in [5, 5.41) is 11.0. The van der Waals surface area contributed by atoms with Crippen molar-refractivity contribution in [3.63, 3.8) is 0 Å². The Kier molecular flexibility index (Phi) is 5.41. The number of rotatable bonds is 6. The van der Waals surface area contributed by atoms with Crippen LogP contribution in [-0.4, -0.2) is 64.0 Å². The van der Waals surface area contributed by atoms with Crippen LogP contribution in [0.3, 0.4) is 0 Å². The first-order valence-corrected chi connectivity index (χ1v) is 12.0. The maximum atomic E-state index is 12.7. The molecule has 6 rings (SSSR count). The molecule has 2 fully saturated rings. The quantitative estimate of drug-likeness (QED) is 0.506. The maximum Gasteiger partial charge on any atom is 0.285 e. The van der Waals surface area contributed by atoms with Gasteiger partial charge in [-0.2, -0.15) is 10.1 Å². The lowest BCUT2D eigenvalue weighted by molar-refractivity contribution is 0.0303. The van der Waals surface area contributed by atoms with Crippen molar-refractivity contribution in [3.05, 3.63) is 66.0 Å². The molecule has 3 aliphatic heterocycles. The van der Waals surface area contributed by atoms with Gasteiger partial charge in [0, 0.05) is 41.2 Å². The topological polar surface area (TPSA) is 91.8 Å². The van der Waals surface area contributed by atoms with Crippen molar-refractivity contribution in [2.45, 2.75) is 23.7 Å².